The number of nitrogens with zero attached hydrogens (tertiary/aromatic N) is 2. The Morgan fingerprint density at radius 3 is 2.56 bits per heavy atom. The van der Waals surface area contributed by atoms with Crippen molar-refractivity contribution in [1.82, 2.24) is 10.1 Å². The first-order chi connectivity index (χ1) is 18.7. The monoisotopic (exact) mass is 557 g/mol. The van der Waals surface area contributed by atoms with Gasteiger partial charge >= 0.3 is 6.61 Å². The second kappa shape index (κ2) is 10.2. The van der Waals surface area contributed by atoms with Crippen molar-refractivity contribution in [3.8, 4) is 22.6 Å². The number of hydrogen-bond acceptors (Lipinski definition) is 7. The Balaban J connectivity index is 1.66. The van der Waals surface area contributed by atoms with Crippen molar-refractivity contribution in [3.05, 3.63) is 95.2 Å². The van der Waals surface area contributed by atoms with E-state index in [-0.39, 0.29) is 44.6 Å². The van der Waals surface area contributed by atoms with Crippen molar-refractivity contribution >= 4 is 32.4 Å². The molecule has 3 aromatic carbocycles. The number of pyridine rings is 1. The number of nitrogens with one attached hydrogen (secondary N) is 1. The summed E-state index contributed by atoms with van der Waals surface area (Å²) in [4.78, 5) is 14.0. The van der Waals surface area contributed by atoms with Gasteiger partial charge in [0.15, 0.2) is 5.82 Å². The van der Waals surface area contributed by atoms with Crippen LogP contribution in [0.3, 0.4) is 0 Å². The minimum Gasteiger partial charge on any atom is -0.495 e. The number of alkyl halides is 2. The highest BCUT2D eigenvalue weighted by Gasteiger charge is 2.32. The average Bonchev–Trinajstić information content (AvgIpc) is 3.42. The molecule has 200 valence electrons. The fraction of sp³-hybridized carbons (Fsp3) is 0.0769. The van der Waals surface area contributed by atoms with Crippen LogP contribution < -0.4 is 19.3 Å². The lowest BCUT2D eigenvalue weighted by molar-refractivity contribution is -0.0498. The van der Waals surface area contributed by atoms with Gasteiger partial charge in [-0.2, -0.15) is 8.78 Å². The van der Waals surface area contributed by atoms with E-state index in [1.54, 1.807) is 0 Å². The quantitative estimate of drug-likeness (QED) is 0.270. The first kappa shape index (κ1) is 25.9. The van der Waals surface area contributed by atoms with E-state index in [1.807, 2.05) is 0 Å². The molecule has 0 radical (unpaired) electrons. The third kappa shape index (κ3) is 5.03. The van der Waals surface area contributed by atoms with Gasteiger partial charge in [-0.3, -0.25) is 4.79 Å². The zero-order valence-electron chi connectivity index (χ0n) is 20.0. The van der Waals surface area contributed by atoms with Crippen LogP contribution >= 0.6 is 0 Å². The maximum absolute atomic E-state index is 15.5. The molecule has 0 fully saturated rings. The predicted molar refractivity (Wildman–Crippen MR) is 135 cm³/mol. The maximum atomic E-state index is 15.5. The van der Waals surface area contributed by atoms with Crippen molar-refractivity contribution in [2.75, 3.05) is 11.4 Å². The highest BCUT2D eigenvalue weighted by Crippen LogP contribution is 2.42. The molecule has 0 atom stereocenters. The summed E-state index contributed by atoms with van der Waals surface area (Å²) in [6, 6.07) is 15.6. The molecular formula is C26H18F3N3O6S. The number of aromatic amines is 1. The zero-order chi connectivity index (χ0) is 27.7. The van der Waals surface area contributed by atoms with Gasteiger partial charge in [0, 0.05) is 29.3 Å². The van der Waals surface area contributed by atoms with E-state index in [9.17, 15) is 22.0 Å². The third-order valence-corrected chi connectivity index (χ3v) is 7.44. The van der Waals surface area contributed by atoms with Crippen LogP contribution in [0.15, 0.2) is 93.3 Å². The van der Waals surface area contributed by atoms with Crippen molar-refractivity contribution in [1.29, 1.82) is 0 Å². The Labute approximate surface area is 219 Å². The number of halogens is 3. The minimum absolute atomic E-state index is 0.0533. The number of rotatable bonds is 8. The Morgan fingerprint density at radius 2 is 1.85 bits per heavy atom. The SMILES string of the molecule is COc1cc(-c2cccc(OC(F)F)c2)c(F)cc1N(c1ccon1)S(=O)(=O)c1ccc2[nH]c(=O)ccc2c1. The fourth-order valence-electron chi connectivity index (χ4n) is 4.01. The standard InChI is InChI=1S/C26H18F3N3O6S/c1-36-23-13-19(15-3-2-4-17(11-15)38-26(28)29)20(27)14-22(23)32(24-9-10-37-31-24)39(34,35)18-6-7-21-16(12-18)5-8-25(33)30-21/h2-14,26H,1H3,(H,30,33). The number of fused-ring (bicyclic) bond motifs is 1. The van der Waals surface area contributed by atoms with E-state index in [0.717, 1.165) is 16.6 Å². The number of H-pyrrole nitrogens is 1. The highest BCUT2D eigenvalue weighted by atomic mass is 32.2. The summed E-state index contributed by atoms with van der Waals surface area (Å²) in [6.45, 7) is -3.07. The molecule has 0 spiro atoms. The topological polar surface area (TPSA) is 115 Å². The van der Waals surface area contributed by atoms with Crippen molar-refractivity contribution in [3.63, 3.8) is 0 Å². The van der Waals surface area contributed by atoms with Gasteiger partial charge < -0.3 is 19.0 Å². The van der Waals surface area contributed by atoms with Crippen LogP contribution in [0.1, 0.15) is 0 Å². The third-order valence-electron chi connectivity index (χ3n) is 5.72. The molecule has 13 heteroatoms. The first-order valence-corrected chi connectivity index (χ1v) is 12.6. The van der Waals surface area contributed by atoms with Crippen molar-refractivity contribution < 1.29 is 35.6 Å². The number of anilines is 2. The van der Waals surface area contributed by atoms with Gasteiger partial charge in [-0.15, -0.1) is 0 Å². The van der Waals surface area contributed by atoms with Gasteiger partial charge in [0.2, 0.25) is 5.56 Å². The van der Waals surface area contributed by atoms with Crippen molar-refractivity contribution in [2.24, 2.45) is 0 Å². The minimum atomic E-state index is -4.46. The van der Waals surface area contributed by atoms with Crippen LogP contribution in [0.25, 0.3) is 22.0 Å². The summed E-state index contributed by atoms with van der Waals surface area (Å²) in [5.74, 6) is -1.31. The molecule has 0 unspecified atom stereocenters. The molecule has 2 heterocycles. The van der Waals surface area contributed by atoms with Crippen LogP contribution in [-0.4, -0.2) is 32.3 Å². The van der Waals surface area contributed by atoms with Gasteiger partial charge in [-0.25, -0.2) is 17.1 Å². The van der Waals surface area contributed by atoms with E-state index in [0.29, 0.717) is 10.9 Å². The summed E-state index contributed by atoms with van der Waals surface area (Å²) in [7, 11) is -3.20. The largest absolute Gasteiger partial charge is 0.495 e. The Kier molecular flexibility index (Phi) is 6.74. The average molecular weight is 558 g/mol. The summed E-state index contributed by atoms with van der Waals surface area (Å²) >= 11 is 0. The molecule has 0 bridgehead atoms. The summed E-state index contributed by atoms with van der Waals surface area (Å²) in [5, 5.41) is 4.18. The summed E-state index contributed by atoms with van der Waals surface area (Å²) in [5.41, 5.74) is -0.0269. The Hall–Kier alpha value is -4.78. The normalized spacial score (nSPS) is 11.6. The van der Waals surface area contributed by atoms with Gasteiger partial charge in [0.25, 0.3) is 10.0 Å². The fourth-order valence-corrected chi connectivity index (χ4v) is 5.48. The smallest absolute Gasteiger partial charge is 0.387 e. The molecule has 0 amide bonds. The van der Waals surface area contributed by atoms with Gasteiger partial charge in [0.05, 0.1) is 12.0 Å². The number of hydrogen-bond donors (Lipinski definition) is 1. The predicted octanol–water partition coefficient (Wildman–Crippen LogP) is 5.46. The molecule has 9 nitrogen and oxygen atoms in total. The molecule has 5 rings (SSSR count). The number of benzene rings is 3. The summed E-state index contributed by atoms with van der Waals surface area (Å²) < 4.78 is 84.2. The molecule has 0 saturated carbocycles. The molecule has 2 aromatic heterocycles. The number of sulfonamides is 1. The van der Waals surface area contributed by atoms with E-state index < -0.39 is 22.5 Å². The van der Waals surface area contributed by atoms with Gasteiger partial charge in [-0.05, 0) is 53.4 Å². The highest BCUT2D eigenvalue weighted by molar-refractivity contribution is 7.93. The second-order valence-corrected chi connectivity index (χ2v) is 9.90. The van der Waals surface area contributed by atoms with E-state index in [4.69, 9.17) is 9.26 Å². The van der Waals surface area contributed by atoms with Gasteiger partial charge in [0.1, 0.15) is 29.3 Å². The Morgan fingerprint density at radius 1 is 1.03 bits per heavy atom. The molecule has 0 saturated heterocycles. The van der Waals surface area contributed by atoms with Crippen molar-refractivity contribution in [2.45, 2.75) is 11.5 Å². The number of ether oxygens (including phenoxy) is 2. The number of aromatic nitrogens is 2. The lowest BCUT2D eigenvalue weighted by Crippen LogP contribution is -2.27. The molecule has 5 aromatic rings. The Bertz CT molecular complexity index is 1830. The van der Waals surface area contributed by atoms with Crippen LogP contribution in [0.4, 0.5) is 24.7 Å². The molecule has 0 aliphatic heterocycles. The second-order valence-electron chi connectivity index (χ2n) is 8.11. The van der Waals surface area contributed by atoms with Crippen LogP contribution in [0.5, 0.6) is 11.5 Å². The molecule has 0 aliphatic carbocycles. The molecule has 39 heavy (non-hydrogen) atoms. The lowest BCUT2D eigenvalue weighted by Gasteiger charge is -2.24. The zero-order valence-corrected chi connectivity index (χ0v) is 20.8. The molecular weight excluding hydrogens is 539 g/mol. The van der Waals surface area contributed by atoms with Gasteiger partial charge in [-0.1, -0.05) is 17.3 Å². The van der Waals surface area contributed by atoms with Crippen LogP contribution in [0, 0.1) is 5.82 Å². The van der Waals surface area contributed by atoms with Crippen LogP contribution in [-0.2, 0) is 10.0 Å². The molecule has 0 aliphatic rings. The molecule has 1 N–H and O–H groups in total. The maximum Gasteiger partial charge on any atom is 0.387 e. The van der Waals surface area contributed by atoms with E-state index in [2.05, 4.69) is 14.9 Å². The summed E-state index contributed by atoms with van der Waals surface area (Å²) in [6.07, 6.45) is 1.15. The van der Waals surface area contributed by atoms with E-state index >= 15 is 4.39 Å². The van der Waals surface area contributed by atoms with Crippen LogP contribution in [0.2, 0.25) is 0 Å². The van der Waals surface area contributed by atoms with E-state index in [1.165, 1.54) is 73.8 Å². The number of methoxy groups -OCH3 is 1. The first-order valence-electron chi connectivity index (χ1n) is 11.2. The lowest BCUT2D eigenvalue weighted by atomic mass is 10.0.